The van der Waals surface area contributed by atoms with Crippen LogP contribution in [-0.2, 0) is 0 Å². The van der Waals surface area contributed by atoms with E-state index in [9.17, 15) is 0 Å². The molecule has 0 radical (unpaired) electrons. The smallest absolute Gasteiger partial charge is 0.0556 e. The van der Waals surface area contributed by atoms with Gasteiger partial charge in [-0.1, -0.05) is 0 Å². The monoisotopic (exact) mass is 104 g/mol. The first kappa shape index (κ1) is 6.88. The minimum Gasteiger partial charge on any atom is -0.395 e. The molecule has 4 N–H and O–H groups in total. The lowest BCUT2D eigenvalue weighted by Crippen LogP contribution is -2.35. The molecule has 0 aliphatic heterocycles. The predicted octanol–water partition coefficient (Wildman–Crippen LogP) is -1.13. The number of aliphatic hydroxyl groups excluding tert-OH is 1. The molecule has 0 aromatic heterocycles. The molecule has 0 heterocycles. The van der Waals surface area contributed by atoms with E-state index in [1.807, 2.05) is 6.92 Å². The van der Waals surface area contributed by atoms with Crippen LogP contribution in [0.2, 0.25) is 0 Å². The molecule has 7 heavy (non-hydrogen) atoms. The summed E-state index contributed by atoms with van der Waals surface area (Å²) in [5.74, 6) is 0. The zero-order valence-electron chi connectivity index (χ0n) is 4.52. The van der Waals surface area contributed by atoms with Crippen molar-refractivity contribution in [1.29, 1.82) is 0 Å². The van der Waals surface area contributed by atoms with Crippen molar-refractivity contribution in [2.45, 2.75) is 13.1 Å². The minimum atomic E-state index is -0.00727. The molecule has 0 aromatic carbocycles. The number of nitrogens with one attached hydrogen (secondary N) is 1. The standard InChI is InChI=1S/C4H12N2O/c1-4(5)6-2-3-7/h4,6-7H,2-3,5H2,1H3/t4-/m1/s1. The highest BCUT2D eigenvalue weighted by atomic mass is 16.3. The SMILES string of the molecule is C[C@H](N)NCCO. The summed E-state index contributed by atoms with van der Waals surface area (Å²) in [7, 11) is 0. The number of nitrogens with two attached hydrogens (primary N) is 1. The Bertz CT molecular complexity index is 38.7. The Hall–Kier alpha value is -0.120. The highest BCUT2D eigenvalue weighted by Gasteiger charge is 1.85. The molecule has 0 aliphatic carbocycles. The largest absolute Gasteiger partial charge is 0.395 e. The summed E-state index contributed by atoms with van der Waals surface area (Å²) in [6, 6.07) is 0. The van der Waals surface area contributed by atoms with Crippen LogP contribution in [0, 0.1) is 0 Å². The third kappa shape index (κ3) is 5.88. The molecule has 0 bridgehead atoms. The molecule has 0 rings (SSSR count). The van der Waals surface area contributed by atoms with Gasteiger partial charge in [0.25, 0.3) is 0 Å². The maximum Gasteiger partial charge on any atom is 0.0556 e. The fourth-order valence-corrected chi connectivity index (χ4v) is 0.292. The van der Waals surface area contributed by atoms with Crippen LogP contribution in [0.15, 0.2) is 0 Å². The van der Waals surface area contributed by atoms with E-state index in [1.54, 1.807) is 0 Å². The molecular formula is C4H12N2O. The van der Waals surface area contributed by atoms with Gasteiger partial charge in [0.1, 0.15) is 0 Å². The van der Waals surface area contributed by atoms with E-state index in [-0.39, 0.29) is 12.8 Å². The summed E-state index contributed by atoms with van der Waals surface area (Å²) < 4.78 is 0. The van der Waals surface area contributed by atoms with Crippen molar-refractivity contribution in [3.05, 3.63) is 0 Å². The van der Waals surface area contributed by atoms with Crippen molar-refractivity contribution < 1.29 is 5.11 Å². The van der Waals surface area contributed by atoms with Gasteiger partial charge in [0.15, 0.2) is 0 Å². The first-order valence-electron chi connectivity index (χ1n) is 2.37. The Morgan fingerprint density at radius 1 is 1.86 bits per heavy atom. The zero-order valence-corrected chi connectivity index (χ0v) is 4.52. The van der Waals surface area contributed by atoms with Gasteiger partial charge in [0.2, 0.25) is 0 Å². The van der Waals surface area contributed by atoms with Crippen LogP contribution in [0.5, 0.6) is 0 Å². The Kier molecular flexibility index (Phi) is 3.98. The number of hydrogen-bond acceptors (Lipinski definition) is 3. The lowest BCUT2D eigenvalue weighted by Gasteiger charge is -2.03. The first-order chi connectivity index (χ1) is 3.27. The van der Waals surface area contributed by atoms with Gasteiger partial charge in [-0.05, 0) is 6.92 Å². The molecule has 0 amide bonds. The van der Waals surface area contributed by atoms with Crippen molar-refractivity contribution in [3.8, 4) is 0 Å². The molecule has 0 spiro atoms. The number of aliphatic hydroxyl groups is 1. The van der Waals surface area contributed by atoms with Crippen LogP contribution in [-0.4, -0.2) is 24.4 Å². The predicted molar refractivity (Wildman–Crippen MR) is 28.7 cm³/mol. The summed E-state index contributed by atoms with van der Waals surface area (Å²) in [6.45, 7) is 2.56. The van der Waals surface area contributed by atoms with Crippen molar-refractivity contribution in [2.75, 3.05) is 13.2 Å². The molecule has 0 unspecified atom stereocenters. The minimum absolute atomic E-state index is 0.00727. The summed E-state index contributed by atoms with van der Waals surface area (Å²) >= 11 is 0. The zero-order chi connectivity index (χ0) is 5.70. The van der Waals surface area contributed by atoms with Crippen molar-refractivity contribution in [2.24, 2.45) is 5.73 Å². The van der Waals surface area contributed by atoms with E-state index in [0.717, 1.165) is 0 Å². The molecule has 0 saturated carbocycles. The second-order valence-electron chi connectivity index (χ2n) is 1.47. The van der Waals surface area contributed by atoms with Gasteiger partial charge in [-0.25, -0.2) is 0 Å². The second-order valence-corrected chi connectivity index (χ2v) is 1.47. The summed E-state index contributed by atoms with van der Waals surface area (Å²) in [5.41, 5.74) is 5.26. The number of rotatable bonds is 3. The van der Waals surface area contributed by atoms with Gasteiger partial charge in [-0.3, -0.25) is 0 Å². The average Bonchev–Trinajstić information content (AvgIpc) is 1.61. The topological polar surface area (TPSA) is 58.3 Å². The molecule has 44 valence electrons. The fraction of sp³-hybridized carbons (Fsp3) is 1.00. The van der Waals surface area contributed by atoms with Gasteiger partial charge in [-0.15, -0.1) is 0 Å². The molecule has 3 heteroatoms. The van der Waals surface area contributed by atoms with E-state index in [2.05, 4.69) is 5.32 Å². The van der Waals surface area contributed by atoms with E-state index >= 15 is 0 Å². The van der Waals surface area contributed by atoms with Gasteiger partial charge in [-0.2, -0.15) is 0 Å². The molecule has 0 aliphatic rings. The Morgan fingerprint density at radius 3 is 2.57 bits per heavy atom. The van der Waals surface area contributed by atoms with Crippen LogP contribution in [0.3, 0.4) is 0 Å². The number of hydrogen-bond donors (Lipinski definition) is 3. The molecule has 0 saturated heterocycles. The third-order valence-electron chi connectivity index (χ3n) is 0.578. The highest BCUT2D eigenvalue weighted by molar-refractivity contribution is 4.47. The highest BCUT2D eigenvalue weighted by Crippen LogP contribution is 1.61. The third-order valence-corrected chi connectivity index (χ3v) is 0.578. The van der Waals surface area contributed by atoms with E-state index < -0.39 is 0 Å². The molecule has 0 aromatic rings. The lowest BCUT2D eigenvalue weighted by atomic mass is 10.5. The maximum absolute atomic E-state index is 8.20. The maximum atomic E-state index is 8.20. The molecular weight excluding hydrogens is 92.1 g/mol. The molecule has 3 nitrogen and oxygen atoms in total. The normalized spacial score (nSPS) is 14.1. The van der Waals surface area contributed by atoms with Crippen molar-refractivity contribution >= 4 is 0 Å². The second kappa shape index (κ2) is 4.05. The van der Waals surface area contributed by atoms with Gasteiger partial charge >= 0.3 is 0 Å². The van der Waals surface area contributed by atoms with Crippen molar-refractivity contribution in [3.63, 3.8) is 0 Å². The quantitative estimate of drug-likeness (QED) is 0.397. The fourth-order valence-electron chi connectivity index (χ4n) is 0.292. The van der Waals surface area contributed by atoms with Crippen LogP contribution in [0.1, 0.15) is 6.92 Å². The molecule has 1 atom stereocenters. The summed E-state index contributed by atoms with van der Waals surface area (Å²) in [5, 5.41) is 11.0. The first-order valence-corrected chi connectivity index (χ1v) is 2.37. The summed E-state index contributed by atoms with van der Waals surface area (Å²) in [4.78, 5) is 0. The van der Waals surface area contributed by atoms with Crippen LogP contribution in [0.4, 0.5) is 0 Å². The molecule has 0 fully saturated rings. The Balaban J connectivity index is 2.68. The van der Waals surface area contributed by atoms with Gasteiger partial charge < -0.3 is 16.2 Å². The van der Waals surface area contributed by atoms with Crippen molar-refractivity contribution in [1.82, 2.24) is 5.32 Å². The van der Waals surface area contributed by atoms with Gasteiger partial charge in [0.05, 0.1) is 12.8 Å². The van der Waals surface area contributed by atoms with E-state index in [4.69, 9.17) is 10.8 Å². The lowest BCUT2D eigenvalue weighted by molar-refractivity contribution is 0.286. The van der Waals surface area contributed by atoms with Crippen LogP contribution >= 0.6 is 0 Å². The summed E-state index contributed by atoms with van der Waals surface area (Å²) in [6.07, 6.45) is -0.00727. The van der Waals surface area contributed by atoms with E-state index in [0.29, 0.717) is 6.54 Å². The van der Waals surface area contributed by atoms with Crippen LogP contribution in [0.25, 0.3) is 0 Å². The van der Waals surface area contributed by atoms with Gasteiger partial charge in [0, 0.05) is 6.54 Å². The van der Waals surface area contributed by atoms with E-state index in [1.165, 1.54) is 0 Å². The Labute approximate surface area is 43.5 Å². The Morgan fingerprint density at radius 2 is 2.43 bits per heavy atom. The van der Waals surface area contributed by atoms with Crippen LogP contribution < -0.4 is 11.1 Å². The average molecular weight is 104 g/mol.